The van der Waals surface area contributed by atoms with Crippen LogP contribution in [-0.2, 0) is 0 Å². The molecule has 1 aromatic heterocycles. The quantitative estimate of drug-likeness (QED) is 0.339. The van der Waals surface area contributed by atoms with Crippen LogP contribution in [0.4, 0.5) is 0 Å². The van der Waals surface area contributed by atoms with Gasteiger partial charge in [0, 0.05) is 11.1 Å². The maximum Gasteiger partial charge on any atom is 0.211 e. The molecule has 0 aliphatic carbocycles. The fourth-order valence-electron chi connectivity index (χ4n) is 1.95. The lowest BCUT2D eigenvalue weighted by molar-refractivity contribution is 0.143. The molecule has 5 N–H and O–H groups in total. The van der Waals surface area contributed by atoms with E-state index < -0.39 is 5.60 Å². The number of aryl methyl sites for hydroxylation is 1. The molecule has 0 bridgehead atoms. The molecular formula is C18H21N5OS. The highest BCUT2D eigenvalue weighted by atomic mass is 32.1. The van der Waals surface area contributed by atoms with Gasteiger partial charge in [-0.05, 0) is 39.8 Å². The molecule has 0 unspecified atom stereocenters. The summed E-state index contributed by atoms with van der Waals surface area (Å²) >= 11 is 1.53. The minimum atomic E-state index is -1.01. The summed E-state index contributed by atoms with van der Waals surface area (Å²) in [6.45, 7) is 7.07. The number of nitrogens with two attached hydrogens (primary N) is 2. The molecule has 1 aromatic carbocycles. The van der Waals surface area contributed by atoms with Crippen molar-refractivity contribution in [1.82, 2.24) is 4.98 Å². The van der Waals surface area contributed by atoms with Crippen LogP contribution in [0, 0.1) is 18.8 Å². The standard InChI is InChI=1S/C18H21N5OS/c1-11-15(12(2)22-23-17(19)20)25-16(21-11)14-7-5-13(6-8-14)9-10-18(3,4)24/h5-8,24H,1-4H3,(H4,19,20,23)/b22-12+. The Morgan fingerprint density at radius 3 is 2.40 bits per heavy atom. The maximum atomic E-state index is 9.66. The average Bonchev–Trinajstić information content (AvgIpc) is 2.92. The van der Waals surface area contributed by atoms with Gasteiger partial charge in [0.15, 0.2) is 0 Å². The van der Waals surface area contributed by atoms with Crippen molar-refractivity contribution in [2.45, 2.75) is 33.3 Å². The van der Waals surface area contributed by atoms with Crippen molar-refractivity contribution in [2.75, 3.05) is 0 Å². The largest absolute Gasteiger partial charge is 0.378 e. The van der Waals surface area contributed by atoms with Gasteiger partial charge in [0.2, 0.25) is 5.96 Å². The first-order valence-corrected chi connectivity index (χ1v) is 8.44. The van der Waals surface area contributed by atoms with Gasteiger partial charge in [0.05, 0.1) is 16.3 Å². The van der Waals surface area contributed by atoms with Crippen LogP contribution >= 0.6 is 11.3 Å². The maximum absolute atomic E-state index is 9.66. The zero-order valence-electron chi connectivity index (χ0n) is 14.7. The Morgan fingerprint density at radius 2 is 1.84 bits per heavy atom. The van der Waals surface area contributed by atoms with Crippen LogP contribution < -0.4 is 11.5 Å². The van der Waals surface area contributed by atoms with Gasteiger partial charge in [-0.25, -0.2) is 4.98 Å². The molecule has 0 atom stereocenters. The van der Waals surface area contributed by atoms with E-state index >= 15 is 0 Å². The molecule has 0 saturated heterocycles. The summed E-state index contributed by atoms with van der Waals surface area (Å²) in [6.07, 6.45) is 0. The first kappa shape index (κ1) is 18.6. The van der Waals surface area contributed by atoms with E-state index in [0.717, 1.165) is 26.7 Å². The second kappa shape index (κ2) is 7.47. The summed E-state index contributed by atoms with van der Waals surface area (Å²) < 4.78 is 0. The fraction of sp³-hybridized carbons (Fsp3) is 0.278. The molecule has 2 rings (SSSR count). The van der Waals surface area contributed by atoms with E-state index in [1.807, 2.05) is 38.1 Å². The van der Waals surface area contributed by atoms with Crippen molar-refractivity contribution in [1.29, 1.82) is 0 Å². The number of guanidine groups is 1. The van der Waals surface area contributed by atoms with Crippen molar-refractivity contribution in [2.24, 2.45) is 21.7 Å². The lowest BCUT2D eigenvalue weighted by Crippen LogP contribution is -2.22. The summed E-state index contributed by atoms with van der Waals surface area (Å²) in [7, 11) is 0. The van der Waals surface area contributed by atoms with Gasteiger partial charge in [0.1, 0.15) is 10.6 Å². The highest BCUT2D eigenvalue weighted by molar-refractivity contribution is 7.17. The summed E-state index contributed by atoms with van der Waals surface area (Å²) in [4.78, 5) is 5.53. The number of thiazole rings is 1. The van der Waals surface area contributed by atoms with Crippen LogP contribution in [0.5, 0.6) is 0 Å². The molecule has 0 spiro atoms. The van der Waals surface area contributed by atoms with E-state index in [9.17, 15) is 5.11 Å². The van der Waals surface area contributed by atoms with Gasteiger partial charge in [-0.1, -0.05) is 24.0 Å². The smallest absolute Gasteiger partial charge is 0.211 e. The zero-order valence-corrected chi connectivity index (χ0v) is 15.5. The predicted octanol–water partition coefficient (Wildman–Crippen LogP) is 2.24. The van der Waals surface area contributed by atoms with Gasteiger partial charge in [-0.2, -0.15) is 5.10 Å². The number of hydrogen-bond acceptors (Lipinski definition) is 5. The van der Waals surface area contributed by atoms with E-state index in [4.69, 9.17) is 11.5 Å². The zero-order chi connectivity index (χ0) is 18.6. The summed E-state index contributed by atoms with van der Waals surface area (Å²) in [5.74, 6) is 5.66. The van der Waals surface area contributed by atoms with Crippen molar-refractivity contribution >= 4 is 23.0 Å². The highest BCUT2D eigenvalue weighted by Gasteiger charge is 2.12. The number of rotatable bonds is 3. The fourth-order valence-corrected chi connectivity index (χ4v) is 2.97. The number of aliphatic hydroxyl groups is 1. The Bertz CT molecular complexity index is 873. The van der Waals surface area contributed by atoms with Crippen molar-refractivity contribution in [3.8, 4) is 22.4 Å². The van der Waals surface area contributed by atoms with Gasteiger partial charge < -0.3 is 16.6 Å². The third kappa shape index (κ3) is 5.41. The number of benzene rings is 1. The molecule has 25 heavy (non-hydrogen) atoms. The van der Waals surface area contributed by atoms with Gasteiger partial charge in [-0.15, -0.1) is 16.4 Å². The Morgan fingerprint density at radius 1 is 1.20 bits per heavy atom. The normalized spacial score (nSPS) is 11.6. The molecule has 0 saturated carbocycles. The third-order valence-electron chi connectivity index (χ3n) is 3.09. The second-order valence-electron chi connectivity index (χ2n) is 6.03. The van der Waals surface area contributed by atoms with Crippen molar-refractivity contribution in [3.05, 3.63) is 40.4 Å². The summed E-state index contributed by atoms with van der Waals surface area (Å²) in [5, 5.41) is 18.2. The van der Waals surface area contributed by atoms with Crippen molar-refractivity contribution in [3.63, 3.8) is 0 Å². The van der Waals surface area contributed by atoms with Crippen LogP contribution in [-0.4, -0.2) is 27.4 Å². The molecule has 6 nitrogen and oxygen atoms in total. The third-order valence-corrected chi connectivity index (χ3v) is 4.40. The molecule has 0 radical (unpaired) electrons. The van der Waals surface area contributed by atoms with Crippen LogP contribution in [0.3, 0.4) is 0 Å². The number of hydrogen-bond donors (Lipinski definition) is 3. The molecule has 0 fully saturated rings. The Hall–Kier alpha value is -2.69. The monoisotopic (exact) mass is 355 g/mol. The van der Waals surface area contributed by atoms with Gasteiger partial charge >= 0.3 is 0 Å². The molecule has 1 heterocycles. The van der Waals surface area contributed by atoms with E-state index in [1.165, 1.54) is 11.3 Å². The Balaban J connectivity index is 2.28. The van der Waals surface area contributed by atoms with Gasteiger partial charge in [-0.3, -0.25) is 0 Å². The SMILES string of the molecule is C/C(=N\N=C(N)N)c1sc(-c2ccc(C#CC(C)(C)O)cc2)nc1C. The molecule has 0 aliphatic heterocycles. The average molecular weight is 355 g/mol. The lowest BCUT2D eigenvalue weighted by atomic mass is 10.1. The first-order valence-electron chi connectivity index (χ1n) is 7.62. The van der Waals surface area contributed by atoms with Crippen molar-refractivity contribution < 1.29 is 5.11 Å². The predicted molar refractivity (Wildman–Crippen MR) is 103 cm³/mol. The number of nitrogens with zero attached hydrogens (tertiary/aromatic N) is 3. The van der Waals surface area contributed by atoms with Crippen LogP contribution in [0.25, 0.3) is 10.6 Å². The molecule has 7 heteroatoms. The van der Waals surface area contributed by atoms with E-state index in [1.54, 1.807) is 13.8 Å². The highest BCUT2D eigenvalue weighted by Crippen LogP contribution is 2.28. The molecule has 2 aromatic rings. The molecule has 130 valence electrons. The summed E-state index contributed by atoms with van der Waals surface area (Å²) in [5.41, 5.74) is 13.0. The molecule has 0 amide bonds. The molecular weight excluding hydrogens is 334 g/mol. The second-order valence-corrected chi connectivity index (χ2v) is 7.03. The van der Waals surface area contributed by atoms with Crippen LogP contribution in [0.1, 0.15) is 36.9 Å². The first-order chi connectivity index (χ1) is 11.7. The Labute approximate surface area is 151 Å². The number of aromatic nitrogens is 1. The van der Waals surface area contributed by atoms with Gasteiger partial charge in [0.25, 0.3) is 0 Å². The van der Waals surface area contributed by atoms with Crippen LogP contribution in [0.2, 0.25) is 0 Å². The minimum absolute atomic E-state index is 0.0792. The topological polar surface area (TPSA) is 110 Å². The summed E-state index contributed by atoms with van der Waals surface area (Å²) in [6, 6.07) is 7.73. The lowest BCUT2D eigenvalue weighted by Gasteiger charge is -2.05. The minimum Gasteiger partial charge on any atom is -0.378 e. The molecule has 0 aliphatic rings. The van der Waals surface area contributed by atoms with E-state index in [2.05, 4.69) is 27.0 Å². The van der Waals surface area contributed by atoms with E-state index in [0.29, 0.717) is 5.71 Å². The van der Waals surface area contributed by atoms with E-state index in [-0.39, 0.29) is 5.96 Å². The Kier molecular flexibility index (Phi) is 5.57. The van der Waals surface area contributed by atoms with Crippen LogP contribution in [0.15, 0.2) is 34.5 Å².